The summed E-state index contributed by atoms with van der Waals surface area (Å²) in [6.45, 7) is 2.38. The van der Waals surface area contributed by atoms with Gasteiger partial charge in [-0.05, 0) is 32.1 Å². The van der Waals surface area contributed by atoms with E-state index in [1.807, 2.05) is 43.3 Å². The highest BCUT2D eigenvalue weighted by Crippen LogP contribution is 2.47. The topological polar surface area (TPSA) is 65.1 Å². The monoisotopic (exact) mass is 360 g/mol. The normalized spacial score (nSPS) is 24.2. The Morgan fingerprint density at radius 1 is 1.27 bits per heavy atom. The first-order chi connectivity index (χ1) is 12.3. The minimum Gasteiger partial charge on any atom is -0.367 e. The summed E-state index contributed by atoms with van der Waals surface area (Å²) in [6.07, 6.45) is 0.120. The number of para-hydroxylation sites is 1. The number of carbonyl (C=O) groups is 2. The van der Waals surface area contributed by atoms with Gasteiger partial charge in [-0.15, -0.1) is 0 Å². The van der Waals surface area contributed by atoms with Gasteiger partial charge in [-0.2, -0.15) is 0 Å². The predicted octanol–water partition coefficient (Wildman–Crippen LogP) is 0.893. The first-order valence-electron chi connectivity index (χ1n) is 8.96. The van der Waals surface area contributed by atoms with Gasteiger partial charge in [-0.25, -0.2) is 4.79 Å². The molecule has 0 saturated carbocycles. The molecule has 2 aliphatic rings. The molecule has 2 unspecified atom stereocenters. The van der Waals surface area contributed by atoms with Crippen molar-refractivity contribution in [2.45, 2.75) is 17.9 Å². The largest absolute Gasteiger partial charge is 0.367 e. The zero-order valence-electron chi connectivity index (χ0n) is 16.0. The third kappa shape index (κ3) is 3.41. The van der Waals surface area contributed by atoms with Crippen molar-refractivity contribution in [3.63, 3.8) is 0 Å². The Hall–Kier alpha value is -2.12. The van der Waals surface area contributed by atoms with Gasteiger partial charge in [0.2, 0.25) is 5.91 Å². The van der Waals surface area contributed by atoms with E-state index in [-0.39, 0.29) is 17.4 Å². The summed E-state index contributed by atoms with van der Waals surface area (Å²) in [7, 11) is 7.45. The van der Waals surface area contributed by atoms with Crippen molar-refractivity contribution in [3.8, 4) is 0 Å². The lowest BCUT2D eigenvalue weighted by Crippen LogP contribution is -2.43. The van der Waals surface area contributed by atoms with Gasteiger partial charge in [-0.3, -0.25) is 9.69 Å². The molecular weight excluding hydrogens is 332 g/mol. The molecular formula is C19H28N4O3. The molecule has 26 heavy (non-hydrogen) atoms. The van der Waals surface area contributed by atoms with Gasteiger partial charge in [0.25, 0.3) is 0 Å². The number of nitrogens with zero attached hydrogens (tertiary/aromatic N) is 3. The average molecular weight is 360 g/mol. The first kappa shape index (κ1) is 18.7. The van der Waals surface area contributed by atoms with E-state index in [0.29, 0.717) is 26.1 Å². The molecule has 1 fully saturated rings. The van der Waals surface area contributed by atoms with Crippen LogP contribution in [0.5, 0.6) is 0 Å². The number of rotatable bonds is 4. The van der Waals surface area contributed by atoms with Crippen LogP contribution < -0.4 is 10.2 Å². The lowest BCUT2D eigenvalue weighted by Gasteiger charge is -2.25. The summed E-state index contributed by atoms with van der Waals surface area (Å²) in [5.41, 5.74) is 1.70. The lowest BCUT2D eigenvalue weighted by molar-refractivity contribution is -0.130. The third-order valence-electron chi connectivity index (χ3n) is 5.13. The van der Waals surface area contributed by atoms with Crippen LogP contribution in [0.15, 0.2) is 24.3 Å². The average Bonchev–Trinajstić information content (AvgIpc) is 3.17. The maximum absolute atomic E-state index is 12.6. The van der Waals surface area contributed by atoms with Crippen molar-refractivity contribution in [1.82, 2.24) is 15.1 Å². The number of amides is 3. The molecule has 0 bridgehead atoms. The molecule has 1 aromatic rings. The maximum atomic E-state index is 12.6. The third-order valence-corrected chi connectivity index (χ3v) is 5.13. The van der Waals surface area contributed by atoms with E-state index in [0.717, 1.165) is 17.8 Å². The van der Waals surface area contributed by atoms with E-state index in [2.05, 4.69) is 5.32 Å². The van der Waals surface area contributed by atoms with E-state index in [1.54, 1.807) is 23.9 Å². The zero-order chi connectivity index (χ0) is 18.9. The Kier molecular flexibility index (Phi) is 5.20. The fourth-order valence-corrected chi connectivity index (χ4v) is 3.76. The standard InChI is InChI=1S/C19H28N4O3/c1-21(2)10-9-20-17(24)16-11-19(13-26-16)12-23(18(25)22(3)4)15-8-6-5-7-14(15)19/h5-8,16H,9-13H2,1-4H3,(H,20,24). The SMILES string of the molecule is CN(C)CCNC(=O)C1CC2(CO1)CN(C(=O)N(C)C)c1ccccc12. The second-order valence-electron chi connectivity index (χ2n) is 7.66. The van der Waals surface area contributed by atoms with Crippen LogP contribution in [0.1, 0.15) is 12.0 Å². The molecule has 1 N–H and O–H groups in total. The van der Waals surface area contributed by atoms with Crippen molar-refractivity contribution in [2.24, 2.45) is 0 Å². The maximum Gasteiger partial charge on any atom is 0.323 e. The van der Waals surface area contributed by atoms with E-state index in [4.69, 9.17) is 4.74 Å². The number of likely N-dealkylation sites (N-methyl/N-ethyl adjacent to an activating group) is 1. The molecule has 0 aliphatic carbocycles. The number of carbonyl (C=O) groups excluding carboxylic acids is 2. The summed E-state index contributed by atoms with van der Waals surface area (Å²) >= 11 is 0. The highest BCUT2D eigenvalue weighted by molar-refractivity contribution is 5.95. The molecule has 2 atom stereocenters. The van der Waals surface area contributed by atoms with E-state index in [9.17, 15) is 9.59 Å². The molecule has 1 spiro atoms. The fraction of sp³-hybridized carbons (Fsp3) is 0.579. The number of hydrogen-bond donors (Lipinski definition) is 1. The zero-order valence-corrected chi connectivity index (χ0v) is 16.0. The Balaban J connectivity index is 1.75. The molecule has 142 valence electrons. The highest BCUT2D eigenvalue weighted by Gasteiger charge is 2.51. The fourth-order valence-electron chi connectivity index (χ4n) is 3.76. The number of fused-ring (bicyclic) bond motifs is 2. The van der Waals surface area contributed by atoms with E-state index >= 15 is 0 Å². The number of ether oxygens (including phenoxy) is 1. The number of hydrogen-bond acceptors (Lipinski definition) is 4. The molecule has 1 aromatic carbocycles. The van der Waals surface area contributed by atoms with Crippen molar-refractivity contribution in [3.05, 3.63) is 29.8 Å². The predicted molar refractivity (Wildman–Crippen MR) is 100 cm³/mol. The summed E-state index contributed by atoms with van der Waals surface area (Å²) in [6, 6.07) is 7.89. The van der Waals surface area contributed by atoms with Crippen molar-refractivity contribution >= 4 is 17.6 Å². The highest BCUT2D eigenvalue weighted by atomic mass is 16.5. The molecule has 1 saturated heterocycles. The number of anilines is 1. The van der Waals surface area contributed by atoms with Gasteiger partial charge in [0.15, 0.2) is 0 Å². The van der Waals surface area contributed by atoms with E-state index in [1.165, 1.54) is 0 Å². The molecule has 3 rings (SSSR count). The first-order valence-corrected chi connectivity index (χ1v) is 8.96. The molecule has 2 aliphatic heterocycles. The lowest BCUT2D eigenvalue weighted by atomic mass is 9.80. The second kappa shape index (κ2) is 7.25. The van der Waals surface area contributed by atoms with Crippen LogP contribution in [-0.2, 0) is 14.9 Å². The Bertz CT molecular complexity index is 691. The molecule has 0 radical (unpaired) electrons. The van der Waals surface area contributed by atoms with Gasteiger partial charge in [0.1, 0.15) is 6.10 Å². The molecule has 0 aromatic heterocycles. The minimum absolute atomic E-state index is 0.0480. The van der Waals surface area contributed by atoms with E-state index < -0.39 is 6.10 Å². The van der Waals surface area contributed by atoms with Gasteiger partial charge < -0.3 is 19.9 Å². The quantitative estimate of drug-likeness (QED) is 0.866. The smallest absolute Gasteiger partial charge is 0.323 e. The van der Waals surface area contributed by atoms with Crippen LogP contribution in [0.25, 0.3) is 0 Å². The van der Waals surface area contributed by atoms with Gasteiger partial charge in [0.05, 0.1) is 6.61 Å². The Morgan fingerprint density at radius 2 is 2.00 bits per heavy atom. The Labute approximate surface area is 154 Å². The van der Waals surface area contributed by atoms with Crippen LogP contribution in [0.3, 0.4) is 0 Å². The summed E-state index contributed by atoms with van der Waals surface area (Å²) in [5, 5.41) is 2.94. The van der Waals surface area contributed by atoms with Crippen LogP contribution in [0.2, 0.25) is 0 Å². The van der Waals surface area contributed by atoms with Gasteiger partial charge >= 0.3 is 6.03 Å². The summed E-state index contributed by atoms with van der Waals surface area (Å²) in [4.78, 5) is 30.5. The number of urea groups is 1. The number of nitrogens with one attached hydrogen (secondary N) is 1. The molecule has 7 heteroatoms. The molecule has 2 heterocycles. The van der Waals surface area contributed by atoms with Gasteiger partial charge in [0, 0.05) is 44.8 Å². The Morgan fingerprint density at radius 3 is 2.69 bits per heavy atom. The minimum atomic E-state index is -0.473. The van der Waals surface area contributed by atoms with Crippen molar-refractivity contribution in [1.29, 1.82) is 0 Å². The van der Waals surface area contributed by atoms with Crippen LogP contribution in [0, 0.1) is 0 Å². The van der Waals surface area contributed by atoms with Crippen LogP contribution in [-0.4, -0.2) is 82.3 Å². The van der Waals surface area contributed by atoms with Crippen molar-refractivity contribution in [2.75, 3.05) is 59.3 Å². The second-order valence-corrected chi connectivity index (χ2v) is 7.66. The van der Waals surface area contributed by atoms with Gasteiger partial charge in [-0.1, -0.05) is 18.2 Å². The summed E-state index contributed by atoms with van der Waals surface area (Å²) < 4.78 is 5.88. The van der Waals surface area contributed by atoms with Crippen molar-refractivity contribution < 1.29 is 14.3 Å². The number of benzene rings is 1. The van der Waals surface area contributed by atoms with Crippen LogP contribution >= 0.6 is 0 Å². The summed E-state index contributed by atoms with van der Waals surface area (Å²) in [5.74, 6) is -0.0707. The van der Waals surface area contributed by atoms with Crippen LogP contribution in [0.4, 0.5) is 10.5 Å². The molecule has 7 nitrogen and oxygen atoms in total. The molecule has 3 amide bonds.